The van der Waals surface area contributed by atoms with Crippen molar-refractivity contribution in [2.45, 2.75) is 19.9 Å². The van der Waals surface area contributed by atoms with Gasteiger partial charge in [-0.1, -0.05) is 6.07 Å². The number of pyridine rings is 1. The van der Waals surface area contributed by atoms with Crippen LogP contribution in [0.25, 0.3) is 5.76 Å². The summed E-state index contributed by atoms with van der Waals surface area (Å²) in [6.45, 7) is 3.74. The SMILES string of the molecule is COc1ccc(/C(O)=C2\C(=O)C(=O)N(c3nc(C)c(C)s3)C2c2cccnc2)c(OC)c1. The number of aliphatic hydroxyl groups is 1. The number of rotatable bonds is 5. The normalized spacial score (nSPS) is 17.6. The van der Waals surface area contributed by atoms with Crippen LogP contribution in [0.2, 0.25) is 0 Å². The predicted octanol–water partition coefficient (Wildman–Crippen LogP) is 3.80. The van der Waals surface area contributed by atoms with E-state index in [1.165, 1.54) is 30.5 Å². The zero-order valence-corrected chi connectivity index (χ0v) is 18.8. The molecule has 0 radical (unpaired) electrons. The molecule has 0 bridgehead atoms. The molecule has 0 aliphatic carbocycles. The highest BCUT2D eigenvalue weighted by Gasteiger charge is 2.48. The molecule has 3 heterocycles. The number of anilines is 1. The van der Waals surface area contributed by atoms with E-state index < -0.39 is 17.7 Å². The van der Waals surface area contributed by atoms with E-state index in [0.717, 1.165) is 10.6 Å². The van der Waals surface area contributed by atoms with E-state index in [9.17, 15) is 14.7 Å². The van der Waals surface area contributed by atoms with E-state index in [2.05, 4.69) is 9.97 Å². The number of thiazole rings is 1. The first-order chi connectivity index (χ1) is 15.4. The summed E-state index contributed by atoms with van der Waals surface area (Å²) in [6, 6.07) is 7.39. The van der Waals surface area contributed by atoms with Crippen LogP contribution in [0.4, 0.5) is 5.13 Å². The number of carbonyl (C=O) groups is 2. The highest BCUT2D eigenvalue weighted by Crippen LogP contribution is 2.44. The molecule has 1 aliphatic heterocycles. The Bertz CT molecular complexity index is 1220. The number of aliphatic hydroxyl groups excluding tert-OH is 1. The second-order valence-electron chi connectivity index (χ2n) is 7.16. The van der Waals surface area contributed by atoms with Crippen LogP contribution in [0.3, 0.4) is 0 Å². The Hall–Kier alpha value is -3.72. The fourth-order valence-corrected chi connectivity index (χ4v) is 4.52. The summed E-state index contributed by atoms with van der Waals surface area (Å²) in [5, 5.41) is 11.6. The first-order valence-corrected chi connectivity index (χ1v) is 10.6. The molecule has 1 aliphatic rings. The molecule has 1 aromatic carbocycles. The molecule has 32 heavy (non-hydrogen) atoms. The van der Waals surface area contributed by atoms with Crippen molar-refractivity contribution in [1.82, 2.24) is 9.97 Å². The Labute approximate surface area is 188 Å². The van der Waals surface area contributed by atoms with Crippen LogP contribution in [-0.4, -0.2) is 41.0 Å². The number of aryl methyl sites for hydroxylation is 2. The lowest BCUT2D eigenvalue weighted by Crippen LogP contribution is -2.29. The molecular formula is C23H21N3O5S. The maximum absolute atomic E-state index is 13.2. The zero-order valence-electron chi connectivity index (χ0n) is 17.9. The van der Waals surface area contributed by atoms with Gasteiger partial charge in [0, 0.05) is 23.3 Å². The Balaban J connectivity index is 1.96. The largest absolute Gasteiger partial charge is 0.507 e. The van der Waals surface area contributed by atoms with Crippen LogP contribution in [-0.2, 0) is 9.59 Å². The highest BCUT2D eigenvalue weighted by molar-refractivity contribution is 7.16. The van der Waals surface area contributed by atoms with E-state index in [0.29, 0.717) is 22.2 Å². The van der Waals surface area contributed by atoms with E-state index in [1.807, 2.05) is 13.8 Å². The Morgan fingerprint density at radius 1 is 1.16 bits per heavy atom. The number of benzene rings is 1. The van der Waals surface area contributed by atoms with Crippen LogP contribution in [0.5, 0.6) is 11.5 Å². The number of amides is 1. The van der Waals surface area contributed by atoms with Crippen LogP contribution in [0, 0.1) is 13.8 Å². The summed E-state index contributed by atoms with van der Waals surface area (Å²) >= 11 is 1.31. The minimum Gasteiger partial charge on any atom is -0.507 e. The third kappa shape index (κ3) is 3.50. The van der Waals surface area contributed by atoms with Gasteiger partial charge in [-0.05, 0) is 37.6 Å². The molecule has 1 saturated heterocycles. The van der Waals surface area contributed by atoms with Gasteiger partial charge in [0.2, 0.25) is 0 Å². The molecule has 1 fully saturated rings. The van der Waals surface area contributed by atoms with Gasteiger partial charge in [0.05, 0.1) is 37.1 Å². The van der Waals surface area contributed by atoms with Gasteiger partial charge in [0.1, 0.15) is 17.3 Å². The smallest absolute Gasteiger partial charge is 0.301 e. The van der Waals surface area contributed by atoms with E-state index in [-0.39, 0.29) is 16.9 Å². The van der Waals surface area contributed by atoms with Crippen molar-refractivity contribution in [3.63, 3.8) is 0 Å². The van der Waals surface area contributed by atoms with Crippen LogP contribution in [0.15, 0.2) is 48.3 Å². The summed E-state index contributed by atoms with van der Waals surface area (Å²) in [5.74, 6) is -1.08. The number of hydrogen-bond acceptors (Lipinski definition) is 8. The average Bonchev–Trinajstić information content (AvgIpc) is 3.28. The second kappa shape index (κ2) is 8.43. The molecule has 3 aromatic rings. The maximum atomic E-state index is 13.2. The first kappa shape index (κ1) is 21.5. The number of nitrogens with zero attached hydrogens (tertiary/aromatic N) is 3. The van der Waals surface area contributed by atoms with Crippen molar-refractivity contribution in [2.24, 2.45) is 0 Å². The number of hydrogen-bond donors (Lipinski definition) is 1. The van der Waals surface area contributed by atoms with Crippen molar-refractivity contribution in [3.05, 3.63) is 70.0 Å². The van der Waals surface area contributed by atoms with E-state index in [1.54, 1.807) is 42.7 Å². The van der Waals surface area contributed by atoms with Crippen molar-refractivity contribution < 1.29 is 24.2 Å². The third-order valence-corrected chi connectivity index (χ3v) is 6.40. The van der Waals surface area contributed by atoms with Crippen molar-refractivity contribution >= 4 is 33.9 Å². The first-order valence-electron chi connectivity index (χ1n) is 9.74. The van der Waals surface area contributed by atoms with Crippen molar-refractivity contribution in [2.75, 3.05) is 19.1 Å². The van der Waals surface area contributed by atoms with E-state index >= 15 is 0 Å². The number of carbonyl (C=O) groups excluding carboxylic acids is 2. The van der Waals surface area contributed by atoms with Gasteiger partial charge < -0.3 is 14.6 Å². The molecule has 1 N–H and O–H groups in total. The van der Waals surface area contributed by atoms with Crippen LogP contribution in [0.1, 0.15) is 27.7 Å². The Morgan fingerprint density at radius 3 is 2.53 bits per heavy atom. The quantitative estimate of drug-likeness (QED) is 0.358. The monoisotopic (exact) mass is 451 g/mol. The van der Waals surface area contributed by atoms with Crippen molar-refractivity contribution in [3.8, 4) is 11.5 Å². The number of aromatic nitrogens is 2. The highest BCUT2D eigenvalue weighted by atomic mass is 32.1. The number of ether oxygens (including phenoxy) is 2. The number of methoxy groups -OCH3 is 2. The predicted molar refractivity (Wildman–Crippen MR) is 120 cm³/mol. The van der Waals surface area contributed by atoms with Crippen LogP contribution >= 0.6 is 11.3 Å². The standard InChI is InChI=1S/C23H21N3O5S/c1-12-13(2)32-23(25-12)26-19(14-6-5-9-24-11-14)18(21(28)22(26)29)20(27)16-8-7-15(30-3)10-17(16)31-4/h5-11,19,27H,1-4H3/b20-18+. The molecule has 0 spiro atoms. The van der Waals surface area contributed by atoms with E-state index in [4.69, 9.17) is 9.47 Å². The van der Waals surface area contributed by atoms with Gasteiger partial charge in [-0.3, -0.25) is 19.5 Å². The Morgan fingerprint density at radius 2 is 1.94 bits per heavy atom. The average molecular weight is 452 g/mol. The summed E-state index contributed by atoms with van der Waals surface area (Å²) in [6.07, 6.45) is 3.16. The maximum Gasteiger partial charge on any atom is 0.301 e. The summed E-state index contributed by atoms with van der Waals surface area (Å²) in [7, 11) is 2.96. The number of Topliss-reactive ketones (excluding diaryl/α,β-unsaturated/α-hetero) is 1. The molecule has 1 unspecified atom stereocenters. The van der Waals surface area contributed by atoms with Gasteiger partial charge in [0.25, 0.3) is 5.78 Å². The van der Waals surface area contributed by atoms with Gasteiger partial charge in [-0.15, -0.1) is 11.3 Å². The molecule has 4 rings (SSSR count). The molecule has 8 nitrogen and oxygen atoms in total. The summed E-state index contributed by atoms with van der Waals surface area (Å²) in [5.41, 5.74) is 1.56. The topological polar surface area (TPSA) is 102 Å². The number of ketones is 1. The fourth-order valence-electron chi connectivity index (χ4n) is 3.58. The van der Waals surface area contributed by atoms with Gasteiger partial charge in [-0.2, -0.15) is 0 Å². The van der Waals surface area contributed by atoms with Crippen LogP contribution < -0.4 is 14.4 Å². The zero-order chi connectivity index (χ0) is 23.0. The molecule has 2 aromatic heterocycles. The minimum atomic E-state index is -0.888. The van der Waals surface area contributed by atoms with Gasteiger partial charge in [-0.25, -0.2) is 4.98 Å². The molecule has 1 amide bonds. The van der Waals surface area contributed by atoms with Gasteiger partial charge >= 0.3 is 5.91 Å². The lowest BCUT2D eigenvalue weighted by Gasteiger charge is -2.22. The molecule has 164 valence electrons. The fraction of sp³-hybridized carbons (Fsp3) is 0.217. The molecular weight excluding hydrogens is 430 g/mol. The molecule has 9 heteroatoms. The van der Waals surface area contributed by atoms with Gasteiger partial charge in [0.15, 0.2) is 5.13 Å². The van der Waals surface area contributed by atoms with Crippen molar-refractivity contribution in [1.29, 1.82) is 0 Å². The molecule has 0 saturated carbocycles. The lowest BCUT2D eigenvalue weighted by molar-refractivity contribution is -0.132. The Kier molecular flexibility index (Phi) is 5.67. The lowest BCUT2D eigenvalue weighted by atomic mass is 9.96. The summed E-state index contributed by atoms with van der Waals surface area (Å²) < 4.78 is 10.6. The second-order valence-corrected chi connectivity index (χ2v) is 8.34. The summed E-state index contributed by atoms with van der Waals surface area (Å²) in [4.78, 5) is 37.2. The third-order valence-electron chi connectivity index (χ3n) is 5.33. The minimum absolute atomic E-state index is 0.0584. The molecule has 1 atom stereocenters.